The van der Waals surface area contributed by atoms with E-state index in [4.69, 9.17) is 0 Å². The molecule has 2 rings (SSSR count). The number of hydrogen-bond acceptors (Lipinski definition) is 4. The number of H-pyrrole nitrogens is 2. The zero-order chi connectivity index (χ0) is 18.4. The van der Waals surface area contributed by atoms with Gasteiger partial charge in [0.25, 0.3) is 5.56 Å². The maximum Gasteiger partial charge on any atom is 0.387 e. The van der Waals surface area contributed by atoms with Crippen molar-refractivity contribution >= 4 is 5.91 Å². The number of halogens is 2. The summed E-state index contributed by atoms with van der Waals surface area (Å²) in [4.78, 5) is 39.3. The number of rotatable bonds is 7. The average molecular weight is 353 g/mol. The first-order chi connectivity index (χ1) is 11.8. The van der Waals surface area contributed by atoms with Crippen molar-refractivity contribution < 1.29 is 18.3 Å². The van der Waals surface area contributed by atoms with Gasteiger partial charge in [-0.3, -0.25) is 14.6 Å². The summed E-state index contributed by atoms with van der Waals surface area (Å²) in [7, 11) is 0. The van der Waals surface area contributed by atoms with Gasteiger partial charge in [0.2, 0.25) is 5.91 Å². The summed E-state index contributed by atoms with van der Waals surface area (Å²) < 4.78 is 28.3. The monoisotopic (exact) mass is 353 g/mol. The first-order valence-electron chi connectivity index (χ1n) is 7.47. The van der Waals surface area contributed by atoms with Gasteiger partial charge in [0.15, 0.2) is 0 Å². The second kappa shape index (κ2) is 8.22. The van der Waals surface area contributed by atoms with E-state index in [0.717, 1.165) is 0 Å². The van der Waals surface area contributed by atoms with Crippen LogP contribution >= 0.6 is 0 Å². The highest BCUT2D eigenvalue weighted by molar-refractivity contribution is 5.76. The van der Waals surface area contributed by atoms with Crippen LogP contribution in [0.1, 0.15) is 23.2 Å². The van der Waals surface area contributed by atoms with E-state index in [9.17, 15) is 23.2 Å². The quantitative estimate of drug-likeness (QED) is 0.696. The molecule has 9 heteroatoms. The number of hydrogen-bond donors (Lipinski definition) is 3. The van der Waals surface area contributed by atoms with Crippen molar-refractivity contribution in [3.05, 3.63) is 61.9 Å². The van der Waals surface area contributed by atoms with Crippen LogP contribution in [0.2, 0.25) is 0 Å². The molecule has 0 bridgehead atoms. The highest BCUT2D eigenvalue weighted by Gasteiger charge is 2.09. The van der Waals surface area contributed by atoms with Crippen LogP contribution in [-0.2, 0) is 17.8 Å². The maximum absolute atomic E-state index is 12.1. The zero-order valence-electron chi connectivity index (χ0n) is 13.4. The van der Waals surface area contributed by atoms with E-state index in [-0.39, 0.29) is 31.0 Å². The molecule has 25 heavy (non-hydrogen) atoms. The summed E-state index contributed by atoms with van der Waals surface area (Å²) in [5, 5.41) is 2.67. The molecule has 0 saturated carbocycles. The van der Waals surface area contributed by atoms with Gasteiger partial charge in [0.1, 0.15) is 5.75 Å². The first-order valence-corrected chi connectivity index (χ1v) is 7.47. The van der Waals surface area contributed by atoms with Gasteiger partial charge in [0, 0.05) is 24.2 Å². The lowest BCUT2D eigenvalue weighted by molar-refractivity contribution is -0.121. The minimum absolute atomic E-state index is 0.0397. The highest BCUT2D eigenvalue weighted by atomic mass is 19.3. The van der Waals surface area contributed by atoms with Gasteiger partial charge in [-0.1, -0.05) is 12.1 Å². The highest BCUT2D eigenvalue weighted by Crippen LogP contribution is 2.14. The smallest absolute Gasteiger partial charge is 0.387 e. The Morgan fingerprint density at radius 2 is 1.88 bits per heavy atom. The number of aromatic amines is 2. The van der Waals surface area contributed by atoms with Gasteiger partial charge in [-0.2, -0.15) is 8.78 Å². The van der Waals surface area contributed by atoms with Crippen LogP contribution in [0.25, 0.3) is 0 Å². The van der Waals surface area contributed by atoms with E-state index in [1.165, 1.54) is 12.1 Å². The number of ether oxygens (including phenoxy) is 1. The number of alkyl halides is 2. The molecule has 0 aliphatic carbocycles. The molecule has 7 nitrogen and oxygen atoms in total. The third kappa shape index (κ3) is 5.55. The summed E-state index contributed by atoms with van der Waals surface area (Å²) in [6.07, 6.45) is 0.257. The molecule has 0 aliphatic heterocycles. The van der Waals surface area contributed by atoms with Gasteiger partial charge in [-0.05, 0) is 31.0 Å². The van der Waals surface area contributed by atoms with E-state index in [1.54, 1.807) is 19.1 Å². The van der Waals surface area contributed by atoms with Crippen molar-refractivity contribution in [2.24, 2.45) is 0 Å². The Hall–Kier alpha value is -2.97. The second-order valence-electron chi connectivity index (χ2n) is 5.31. The molecular formula is C16H17F2N3O4. The largest absolute Gasteiger partial charge is 0.435 e. The first kappa shape index (κ1) is 18.4. The Kier molecular flexibility index (Phi) is 6.04. The lowest BCUT2D eigenvalue weighted by atomic mass is 10.1. The predicted molar refractivity (Wildman–Crippen MR) is 85.7 cm³/mol. The molecule has 1 aromatic heterocycles. The normalized spacial score (nSPS) is 10.7. The number of amides is 1. The van der Waals surface area contributed by atoms with Crippen molar-refractivity contribution in [2.45, 2.75) is 32.9 Å². The molecule has 0 spiro atoms. The second-order valence-corrected chi connectivity index (χ2v) is 5.31. The molecular weight excluding hydrogens is 336 g/mol. The summed E-state index contributed by atoms with van der Waals surface area (Å²) in [6, 6.07) is 5.90. The Bertz CT molecular complexity index is 844. The molecule has 1 aromatic carbocycles. The fourth-order valence-corrected chi connectivity index (χ4v) is 2.24. The van der Waals surface area contributed by atoms with Crippen LogP contribution < -0.4 is 21.3 Å². The molecule has 2 aromatic rings. The average Bonchev–Trinajstić information content (AvgIpc) is 2.52. The minimum atomic E-state index is -2.88. The molecule has 0 fully saturated rings. The number of benzene rings is 1. The Morgan fingerprint density at radius 3 is 2.48 bits per heavy atom. The SMILES string of the molecule is Cc1[nH]c(=O)[nH]c(=O)c1CCC(=O)NCc1ccc(OC(F)F)cc1. The maximum atomic E-state index is 12.1. The van der Waals surface area contributed by atoms with Crippen molar-refractivity contribution in [3.63, 3.8) is 0 Å². The Morgan fingerprint density at radius 1 is 1.20 bits per heavy atom. The number of aromatic nitrogens is 2. The third-order valence-corrected chi connectivity index (χ3v) is 3.50. The van der Waals surface area contributed by atoms with Crippen molar-refractivity contribution in [1.29, 1.82) is 0 Å². The number of nitrogens with one attached hydrogen (secondary N) is 3. The van der Waals surface area contributed by atoms with E-state index in [1.807, 2.05) is 0 Å². The van der Waals surface area contributed by atoms with Gasteiger partial charge < -0.3 is 15.0 Å². The van der Waals surface area contributed by atoms with Crippen LogP contribution in [0.5, 0.6) is 5.75 Å². The molecule has 0 atom stereocenters. The number of carbonyl (C=O) groups is 1. The van der Waals surface area contributed by atoms with Crippen LogP contribution in [0.3, 0.4) is 0 Å². The van der Waals surface area contributed by atoms with Gasteiger partial charge in [-0.15, -0.1) is 0 Å². The van der Waals surface area contributed by atoms with Crippen molar-refractivity contribution in [2.75, 3.05) is 0 Å². The lowest BCUT2D eigenvalue weighted by Crippen LogP contribution is -2.29. The Balaban J connectivity index is 1.85. The minimum Gasteiger partial charge on any atom is -0.435 e. The summed E-state index contributed by atoms with van der Waals surface area (Å²) in [5.41, 5.74) is 0.395. The van der Waals surface area contributed by atoms with Gasteiger partial charge >= 0.3 is 12.3 Å². The van der Waals surface area contributed by atoms with E-state index < -0.39 is 17.9 Å². The summed E-state index contributed by atoms with van der Waals surface area (Å²) in [5.74, 6) is -0.240. The van der Waals surface area contributed by atoms with Gasteiger partial charge in [-0.25, -0.2) is 4.79 Å². The van der Waals surface area contributed by atoms with E-state index >= 15 is 0 Å². The topological polar surface area (TPSA) is 104 Å². The summed E-state index contributed by atoms with van der Waals surface area (Å²) >= 11 is 0. The molecule has 0 unspecified atom stereocenters. The molecule has 0 aliphatic rings. The van der Waals surface area contributed by atoms with E-state index in [0.29, 0.717) is 16.8 Å². The van der Waals surface area contributed by atoms with Crippen molar-refractivity contribution in [3.8, 4) is 5.75 Å². The zero-order valence-corrected chi connectivity index (χ0v) is 13.4. The fraction of sp³-hybridized carbons (Fsp3) is 0.312. The molecule has 1 amide bonds. The number of aryl methyl sites for hydroxylation is 1. The molecule has 0 saturated heterocycles. The standard InChI is InChI=1S/C16H17F2N3O4/c1-9-12(14(23)21-16(24)20-9)6-7-13(22)19-8-10-2-4-11(5-3-10)25-15(17)18/h2-5,15H,6-8H2,1H3,(H,19,22)(H2,20,21,23,24). The van der Waals surface area contributed by atoms with Crippen molar-refractivity contribution in [1.82, 2.24) is 15.3 Å². The third-order valence-electron chi connectivity index (χ3n) is 3.50. The van der Waals surface area contributed by atoms with Crippen LogP contribution in [0, 0.1) is 6.92 Å². The number of carbonyl (C=O) groups excluding carboxylic acids is 1. The Labute approximate surface area is 141 Å². The van der Waals surface area contributed by atoms with Crippen LogP contribution in [0.15, 0.2) is 33.9 Å². The van der Waals surface area contributed by atoms with E-state index in [2.05, 4.69) is 20.0 Å². The molecule has 3 N–H and O–H groups in total. The van der Waals surface area contributed by atoms with Crippen LogP contribution in [-0.4, -0.2) is 22.5 Å². The molecule has 134 valence electrons. The lowest BCUT2D eigenvalue weighted by Gasteiger charge is -2.08. The fourth-order valence-electron chi connectivity index (χ4n) is 2.24. The predicted octanol–water partition coefficient (Wildman–Crippen LogP) is 1.22. The van der Waals surface area contributed by atoms with Crippen LogP contribution in [0.4, 0.5) is 8.78 Å². The molecule has 0 radical (unpaired) electrons. The summed E-state index contributed by atoms with van der Waals surface area (Å²) in [6.45, 7) is -1.08. The van der Waals surface area contributed by atoms with Gasteiger partial charge in [0.05, 0.1) is 0 Å². The molecule has 1 heterocycles.